The second kappa shape index (κ2) is 14.9. The van der Waals surface area contributed by atoms with Gasteiger partial charge in [0.25, 0.3) is 0 Å². The van der Waals surface area contributed by atoms with Crippen LogP contribution in [0.15, 0.2) is 78.9 Å². The zero-order valence-corrected chi connectivity index (χ0v) is 24.0. The summed E-state index contributed by atoms with van der Waals surface area (Å²) in [6, 6.07) is 23.5. The van der Waals surface area contributed by atoms with E-state index in [9.17, 15) is 14.4 Å². The molecule has 1 aliphatic rings. The minimum atomic E-state index is -0.688. The van der Waals surface area contributed by atoms with Crippen LogP contribution in [0.2, 0.25) is 0 Å². The monoisotopic (exact) mass is 570 g/mol. The van der Waals surface area contributed by atoms with Gasteiger partial charge in [-0.3, -0.25) is 14.4 Å². The third kappa shape index (κ3) is 8.75. The topological polar surface area (TPSA) is 130 Å². The fourth-order valence-corrected chi connectivity index (χ4v) is 4.91. The van der Waals surface area contributed by atoms with Crippen LogP contribution >= 0.6 is 0 Å². The Morgan fingerprint density at radius 2 is 1.76 bits per heavy atom. The van der Waals surface area contributed by atoms with Crippen molar-refractivity contribution in [3.05, 3.63) is 101 Å². The molecule has 0 spiro atoms. The number of amides is 2. The average Bonchev–Trinajstić information content (AvgIpc) is 3.03. The first-order valence-electron chi connectivity index (χ1n) is 14.1. The maximum absolute atomic E-state index is 12.9. The van der Waals surface area contributed by atoms with Gasteiger partial charge in [0, 0.05) is 12.3 Å². The lowest BCUT2D eigenvalue weighted by Crippen LogP contribution is -2.53. The number of piperidine rings is 1. The highest BCUT2D eigenvalue weighted by molar-refractivity contribution is 6.07. The first kappa shape index (κ1) is 30.5. The zero-order valence-electron chi connectivity index (χ0n) is 24.0. The predicted molar refractivity (Wildman–Crippen MR) is 160 cm³/mol. The van der Waals surface area contributed by atoms with E-state index in [-0.39, 0.29) is 43.1 Å². The Morgan fingerprint density at radius 3 is 2.50 bits per heavy atom. The lowest BCUT2D eigenvalue weighted by Gasteiger charge is -2.30. The van der Waals surface area contributed by atoms with E-state index in [2.05, 4.69) is 28.1 Å². The third-order valence-corrected chi connectivity index (χ3v) is 7.37. The molecule has 0 aromatic heterocycles. The van der Waals surface area contributed by atoms with Crippen molar-refractivity contribution in [3.63, 3.8) is 0 Å². The van der Waals surface area contributed by atoms with Crippen molar-refractivity contribution >= 4 is 23.5 Å². The van der Waals surface area contributed by atoms with E-state index >= 15 is 0 Å². The molecule has 4 rings (SSSR count). The normalized spacial score (nSPS) is 17.0. The molecule has 0 saturated carbocycles. The minimum Gasteiger partial charge on any atom is -0.497 e. The number of hydrogen-bond acceptors (Lipinski definition) is 7. The Balaban J connectivity index is 1.18. The molecule has 4 N–H and O–H groups in total. The number of benzene rings is 3. The molecule has 220 valence electrons. The van der Waals surface area contributed by atoms with Gasteiger partial charge in [0.2, 0.25) is 11.8 Å². The summed E-state index contributed by atoms with van der Waals surface area (Å²) in [7, 11) is 1.57. The molecule has 3 atom stereocenters. The Hall–Kier alpha value is -4.50. The number of carbonyl (C=O) groups is 3. The smallest absolute Gasteiger partial charge is 0.312 e. The summed E-state index contributed by atoms with van der Waals surface area (Å²) in [5.74, 6) is 0.0360. The van der Waals surface area contributed by atoms with Crippen LogP contribution in [0.25, 0.3) is 0 Å². The summed E-state index contributed by atoms with van der Waals surface area (Å²) in [6.07, 6.45) is 1.50. The van der Waals surface area contributed by atoms with Gasteiger partial charge in [0.1, 0.15) is 18.4 Å². The van der Waals surface area contributed by atoms with E-state index in [4.69, 9.17) is 14.9 Å². The van der Waals surface area contributed by atoms with E-state index in [1.54, 1.807) is 44.4 Å². The van der Waals surface area contributed by atoms with Crippen LogP contribution in [0.5, 0.6) is 5.75 Å². The fourth-order valence-electron chi connectivity index (χ4n) is 4.91. The maximum Gasteiger partial charge on any atom is 0.312 e. The van der Waals surface area contributed by atoms with Gasteiger partial charge < -0.3 is 30.8 Å². The highest BCUT2D eigenvalue weighted by Crippen LogP contribution is 2.27. The molecule has 3 aromatic carbocycles. The Labute approximate surface area is 246 Å². The summed E-state index contributed by atoms with van der Waals surface area (Å²) < 4.78 is 10.5. The van der Waals surface area contributed by atoms with Crippen LogP contribution in [0, 0.1) is 5.41 Å². The van der Waals surface area contributed by atoms with Crippen LogP contribution in [-0.4, -0.2) is 49.2 Å². The SMILES string of the molecule is COc1cccc(COC(=O)CC(=N)c2ccc(CNC(=O)[C@H](C)NC(=O)[C@H]3C[C@@H](c4ccccc4)CCN3)cc2)c1. The van der Waals surface area contributed by atoms with Gasteiger partial charge in [-0.05, 0) is 66.6 Å². The van der Waals surface area contributed by atoms with Crippen LogP contribution in [-0.2, 0) is 32.3 Å². The lowest BCUT2D eigenvalue weighted by atomic mass is 9.86. The van der Waals surface area contributed by atoms with Crippen LogP contribution in [0.1, 0.15) is 54.4 Å². The number of carbonyl (C=O) groups excluding carboxylic acids is 3. The van der Waals surface area contributed by atoms with Crippen molar-refractivity contribution in [1.29, 1.82) is 5.41 Å². The average molecular weight is 571 g/mol. The number of hydrogen-bond donors (Lipinski definition) is 4. The molecule has 9 nitrogen and oxygen atoms in total. The van der Waals surface area contributed by atoms with Crippen molar-refractivity contribution in [2.75, 3.05) is 13.7 Å². The number of rotatable bonds is 12. The molecule has 0 bridgehead atoms. The Bertz CT molecular complexity index is 1380. The Kier molecular flexibility index (Phi) is 10.8. The predicted octanol–water partition coefficient (Wildman–Crippen LogP) is 3.85. The molecule has 0 radical (unpaired) electrons. The molecular formula is C33H38N4O5. The molecule has 42 heavy (non-hydrogen) atoms. The summed E-state index contributed by atoms with van der Waals surface area (Å²) in [6.45, 7) is 2.79. The molecule has 1 saturated heterocycles. The molecule has 0 unspecified atom stereocenters. The number of nitrogens with one attached hydrogen (secondary N) is 4. The van der Waals surface area contributed by atoms with Gasteiger partial charge in [-0.1, -0.05) is 66.7 Å². The highest BCUT2D eigenvalue weighted by atomic mass is 16.5. The van der Waals surface area contributed by atoms with E-state index in [0.717, 1.165) is 24.1 Å². The fraction of sp³-hybridized carbons (Fsp3) is 0.333. The van der Waals surface area contributed by atoms with Gasteiger partial charge in [0.15, 0.2) is 0 Å². The van der Waals surface area contributed by atoms with Crippen LogP contribution in [0.3, 0.4) is 0 Å². The third-order valence-electron chi connectivity index (χ3n) is 7.37. The molecular weight excluding hydrogens is 532 g/mol. The summed E-state index contributed by atoms with van der Waals surface area (Å²) in [4.78, 5) is 37.8. The van der Waals surface area contributed by atoms with E-state index in [1.807, 2.05) is 36.4 Å². The van der Waals surface area contributed by atoms with Gasteiger partial charge in [0.05, 0.1) is 19.6 Å². The molecule has 1 aliphatic heterocycles. The van der Waals surface area contributed by atoms with E-state index in [1.165, 1.54) is 5.56 Å². The van der Waals surface area contributed by atoms with Crippen molar-refractivity contribution in [1.82, 2.24) is 16.0 Å². The summed E-state index contributed by atoms with van der Waals surface area (Å²) >= 11 is 0. The second-order valence-corrected chi connectivity index (χ2v) is 10.5. The number of methoxy groups -OCH3 is 1. The summed E-state index contributed by atoms with van der Waals surface area (Å²) in [5.41, 5.74) is 3.60. The molecule has 1 fully saturated rings. The number of ether oxygens (including phenoxy) is 2. The van der Waals surface area contributed by atoms with Crippen molar-refractivity contribution in [2.24, 2.45) is 0 Å². The van der Waals surface area contributed by atoms with Gasteiger partial charge in [-0.15, -0.1) is 0 Å². The molecule has 1 heterocycles. The Morgan fingerprint density at radius 1 is 1.00 bits per heavy atom. The van der Waals surface area contributed by atoms with Crippen LogP contribution < -0.4 is 20.7 Å². The maximum atomic E-state index is 12.9. The van der Waals surface area contributed by atoms with Gasteiger partial charge in [-0.25, -0.2) is 0 Å². The lowest BCUT2D eigenvalue weighted by molar-refractivity contribution is -0.143. The second-order valence-electron chi connectivity index (χ2n) is 10.5. The standard InChI is InChI=1S/C33H38N4O5/c1-22(37-33(40)30-18-27(15-16-35-30)25-8-4-3-5-9-25)32(39)36-20-23-11-13-26(14-12-23)29(34)19-31(38)42-21-24-7-6-10-28(17-24)41-2/h3-14,17,22,27,30,34-35H,15-16,18-21H2,1-2H3,(H,36,39)(H,37,40)/t22-,27-,30+/m0/s1. The largest absolute Gasteiger partial charge is 0.497 e. The molecule has 0 aliphatic carbocycles. The molecule has 2 amide bonds. The van der Waals surface area contributed by atoms with Crippen molar-refractivity contribution < 1.29 is 23.9 Å². The van der Waals surface area contributed by atoms with Crippen LogP contribution in [0.4, 0.5) is 0 Å². The minimum absolute atomic E-state index is 0.103. The molecule has 9 heteroatoms. The van der Waals surface area contributed by atoms with Crippen molar-refractivity contribution in [2.45, 2.75) is 57.3 Å². The van der Waals surface area contributed by atoms with Gasteiger partial charge >= 0.3 is 5.97 Å². The summed E-state index contributed by atoms with van der Waals surface area (Å²) in [5, 5.41) is 17.2. The van der Waals surface area contributed by atoms with E-state index in [0.29, 0.717) is 23.7 Å². The highest BCUT2D eigenvalue weighted by Gasteiger charge is 2.29. The van der Waals surface area contributed by atoms with Crippen molar-refractivity contribution in [3.8, 4) is 5.75 Å². The number of esters is 1. The van der Waals surface area contributed by atoms with Gasteiger partial charge in [-0.2, -0.15) is 0 Å². The molecule has 3 aromatic rings. The first-order chi connectivity index (χ1) is 20.3. The quantitative estimate of drug-likeness (QED) is 0.193. The zero-order chi connectivity index (χ0) is 29.9. The first-order valence-corrected chi connectivity index (χ1v) is 14.1. The van der Waals surface area contributed by atoms with E-state index < -0.39 is 12.0 Å².